The Balaban J connectivity index is 2.92. The Morgan fingerprint density at radius 2 is 1.70 bits per heavy atom. The molecule has 0 aliphatic carbocycles. The van der Waals surface area contributed by atoms with Gasteiger partial charge in [0.2, 0.25) is 0 Å². The van der Waals surface area contributed by atoms with Crippen molar-refractivity contribution in [1.82, 2.24) is 4.90 Å². The highest BCUT2D eigenvalue weighted by molar-refractivity contribution is 5.78. The van der Waals surface area contributed by atoms with Crippen molar-refractivity contribution < 1.29 is 19.1 Å². The van der Waals surface area contributed by atoms with Crippen LogP contribution in [0.3, 0.4) is 0 Å². The highest BCUT2D eigenvalue weighted by Crippen LogP contribution is 2.34. The van der Waals surface area contributed by atoms with Gasteiger partial charge in [0.15, 0.2) is 0 Å². The van der Waals surface area contributed by atoms with Gasteiger partial charge in [-0.25, -0.2) is 4.79 Å². The number of ether oxygens (including phenoxy) is 2. The lowest BCUT2D eigenvalue weighted by molar-refractivity contribution is -0.155. The topological polar surface area (TPSA) is 55.8 Å². The van der Waals surface area contributed by atoms with Crippen LogP contribution in [-0.2, 0) is 14.3 Å². The lowest BCUT2D eigenvalue weighted by Gasteiger charge is -2.43. The number of rotatable bonds is 2. The van der Waals surface area contributed by atoms with E-state index in [2.05, 4.69) is 0 Å². The molecular weight excluding hydrogens is 258 g/mol. The van der Waals surface area contributed by atoms with Gasteiger partial charge < -0.3 is 14.4 Å². The van der Waals surface area contributed by atoms with Gasteiger partial charge in [-0.1, -0.05) is 0 Å². The van der Waals surface area contributed by atoms with E-state index in [0.717, 1.165) is 19.3 Å². The first-order chi connectivity index (χ1) is 9.09. The van der Waals surface area contributed by atoms with Crippen molar-refractivity contribution in [3.8, 4) is 0 Å². The van der Waals surface area contributed by atoms with E-state index >= 15 is 0 Å². The largest absolute Gasteiger partial charge is 0.469 e. The molecule has 116 valence electrons. The Kier molecular flexibility index (Phi) is 5.05. The normalized spacial score (nSPS) is 20.5. The summed E-state index contributed by atoms with van der Waals surface area (Å²) in [6.45, 7) is 9.80. The highest BCUT2D eigenvalue weighted by atomic mass is 16.6. The van der Waals surface area contributed by atoms with Gasteiger partial charge in [-0.3, -0.25) is 4.79 Å². The van der Waals surface area contributed by atoms with Crippen LogP contribution in [0.4, 0.5) is 4.79 Å². The summed E-state index contributed by atoms with van der Waals surface area (Å²) >= 11 is 0. The van der Waals surface area contributed by atoms with Crippen molar-refractivity contribution in [2.75, 3.05) is 13.7 Å². The summed E-state index contributed by atoms with van der Waals surface area (Å²) < 4.78 is 10.3. The van der Waals surface area contributed by atoms with Crippen molar-refractivity contribution in [2.45, 2.75) is 65.5 Å². The first-order valence-corrected chi connectivity index (χ1v) is 7.17. The molecule has 1 aliphatic rings. The predicted molar refractivity (Wildman–Crippen MR) is 76.4 cm³/mol. The molecule has 5 nitrogen and oxygen atoms in total. The van der Waals surface area contributed by atoms with Gasteiger partial charge in [0.25, 0.3) is 0 Å². The zero-order valence-corrected chi connectivity index (χ0v) is 13.5. The Hall–Kier alpha value is -1.26. The molecule has 1 unspecified atom stereocenters. The molecule has 0 aromatic carbocycles. The summed E-state index contributed by atoms with van der Waals surface area (Å²) in [4.78, 5) is 26.0. The maximum atomic E-state index is 12.3. The fourth-order valence-corrected chi connectivity index (χ4v) is 2.62. The summed E-state index contributed by atoms with van der Waals surface area (Å²) in [6.07, 6.45) is 2.39. The SMILES string of the molecule is COC(=O)C(C)(C)C1CCCCN1C(=O)OC(C)(C)C. The molecule has 1 atom stereocenters. The van der Waals surface area contributed by atoms with Crippen LogP contribution in [0.25, 0.3) is 0 Å². The van der Waals surface area contributed by atoms with Gasteiger partial charge in [0, 0.05) is 6.54 Å². The van der Waals surface area contributed by atoms with E-state index < -0.39 is 11.0 Å². The number of nitrogens with zero attached hydrogens (tertiary/aromatic N) is 1. The number of hydrogen-bond donors (Lipinski definition) is 0. The number of carbonyl (C=O) groups excluding carboxylic acids is 2. The van der Waals surface area contributed by atoms with Gasteiger partial charge in [-0.15, -0.1) is 0 Å². The Labute approximate surface area is 121 Å². The van der Waals surface area contributed by atoms with Crippen LogP contribution in [0.2, 0.25) is 0 Å². The van der Waals surface area contributed by atoms with E-state index in [1.54, 1.807) is 4.90 Å². The molecule has 0 aromatic heterocycles. The van der Waals surface area contributed by atoms with E-state index in [1.807, 2.05) is 34.6 Å². The second kappa shape index (κ2) is 6.02. The maximum absolute atomic E-state index is 12.3. The molecule has 1 aliphatic heterocycles. The maximum Gasteiger partial charge on any atom is 0.410 e. The fourth-order valence-electron chi connectivity index (χ4n) is 2.62. The molecule has 0 N–H and O–H groups in total. The summed E-state index contributed by atoms with van der Waals surface area (Å²) in [5, 5.41) is 0. The molecule has 1 saturated heterocycles. The minimum atomic E-state index is -0.730. The standard InChI is InChI=1S/C15H27NO4/c1-14(2,3)20-13(18)16-10-8-7-9-11(16)15(4,5)12(17)19-6/h11H,7-10H2,1-6H3. The highest BCUT2D eigenvalue weighted by Gasteiger charge is 2.44. The van der Waals surface area contributed by atoms with Crippen LogP contribution in [0, 0.1) is 5.41 Å². The zero-order chi connectivity index (χ0) is 15.6. The third-order valence-electron chi connectivity index (χ3n) is 3.68. The van der Waals surface area contributed by atoms with Crippen molar-refractivity contribution in [3.05, 3.63) is 0 Å². The molecule has 0 saturated carbocycles. The summed E-state index contributed by atoms with van der Waals surface area (Å²) in [6, 6.07) is -0.182. The molecule has 1 amide bonds. The van der Waals surface area contributed by atoms with Crippen molar-refractivity contribution in [2.24, 2.45) is 5.41 Å². The third kappa shape index (κ3) is 3.87. The quantitative estimate of drug-likeness (QED) is 0.732. The van der Waals surface area contributed by atoms with Gasteiger partial charge in [0.05, 0.1) is 18.6 Å². The smallest absolute Gasteiger partial charge is 0.410 e. The first kappa shape index (κ1) is 16.8. The Bertz CT molecular complexity index is 371. The monoisotopic (exact) mass is 285 g/mol. The van der Waals surface area contributed by atoms with Crippen molar-refractivity contribution in [3.63, 3.8) is 0 Å². The summed E-state index contributed by atoms with van der Waals surface area (Å²) in [5.41, 5.74) is -1.26. The molecule has 0 spiro atoms. The number of piperidine rings is 1. The third-order valence-corrected chi connectivity index (χ3v) is 3.68. The predicted octanol–water partition coefficient (Wildman–Crippen LogP) is 2.98. The zero-order valence-electron chi connectivity index (χ0n) is 13.5. The Morgan fingerprint density at radius 3 is 2.20 bits per heavy atom. The molecule has 0 radical (unpaired) electrons. The molecule has 1 rings (SSSR count). The fraction of sp³-hybridized carbons (Fsp3) is 0.867. The minimum Gasteiger partial charge on any atom is -0.469 e. The van der Waals surface area contributed by atoms with Crippen LogP contribution in [0.15, 0.2) is 0 Å². The summed E-state index contributed by atoms with van der Waals surface area (Å²) in [5.74, 6) is -0.294. The minimum absolute atomic E-state index is 0.182. The van der Waals surface area contributed by atoms with Gasteiger partial charge in [-0.05, 0) is 53.9 Å². The van der Waals surface area contributed by atoms with Crippen LogP contribution in [0.1, 0.15) is 53.9 Å². The lowest BCUT2D eigenvalue weighted by atomic mass is 9.79. The Morgan fingerprint density at radius 1 is 1.10 bits per heavy atom. The molecule has 1 heterocycles. The first-order valence-electron chi connectivity index (χ1n) is 7.17. The van der Waals surface area contributed by atoms with Crippen molar-refractivity contribution in [1.29, 1.82) is 0 Å². The second-order valence-corrected chi connectivity index (χ2v) is 6.90. The number of amides is 1. The molecule has 20 heavy (non-hydrogen) atoms. The van der Waals surface area contributed by atoms with Gasteiger partial charge in [-0.2, -0.15) is 0 Å². The number of methoxy groups -OCH3 is 1. The van der Waals surface area contributed by atoms with Crippen LogP contribution >= 0.6 is 0 Å². The van der Waals surface area contributed by atoms with E-state index in [1.165, 1.54) is 7.11 Å². The molecule has 0 bridgehead atoms. The van der Waals surface area contributed by atoms with Crippen molar-refractivity contribution >= 4 is 12.1 Å². The van der Waals surface area contributed by atoms with Gasteiger partial charge >= 0.3 is 12.1 Å². The average molecular weight is 285 g/mol. The van der Waals surface area contributed by atoms with E-state index in [0.29, 0.717) is 6.54 Å². The molecule has 5 heteroatoms. The van der Waals surface area contributed by atoms with Crippen LogP contribution in [0.5, 0.6) is 0 Å². The second-order valence-electron chi connectivity index (χ2n) is 6.90. The number of hydrogen-bond acceptors (Lipinski definition) is 4. The molecular formula is C15H27NO4. The number of likely N-dealkylation sites (tertiary alicyclic amines) is 1. The molecule has 1 fully saturated rings. The summed E-state index contributed by atoms with van der Waals surface area (Å²) in [7, 11) is 1.38. The molecule has 0 aromatic rings. The number of esters is 1. The van der Waals surface area contributed by atoms with E-state index in [-0.39, 0.29) is 18.1 Å². The van der Waals surface area contributed by atoms with Crippen LogP contribution in [-0.4, -0.2) is 42.3 Å². The number of carbonyl (C=O) groups is 2. The average Bonchev–Trinajstić information content (AvgIpc) is 2.35. The van der Waals surface area contributed by atoms with Crippen LogP contribution < -0.4 is 0 Å². The lowest BCUT2D eigenvalue weighted by Crippen LogP contribution is -2.55. The van der Waals surface area contributed by atoms with Gasteiger partial charge in [0.1, 0.15) is 5.60 Å². The van der Waals surface area contributed by atoms with E-state index in [4.69, 9.17) is 9.47 Å². The van der Waals surface area contributed by atoms with E-state index in [9.17, 15) is 9.59 Å².